The van der Waals surface area contributed by atoms with Gasteiger partial charge in [0.25, 0.3) is 0 Å². The molecule has 0 radical (unpaired) electrons. The van der Waals surface area contributed by atoms with Gasteiger partial charge in [-0.05, 0) is 60.2 Å². The summed E-state index contributed by atoms with van der Waals surface area (Å²) >= 11 is 0. The first kappa shape index (κ1) is 24.1. The first-order valence-corrected chi connectivity index (χ1v) is 9.42. The average Bonchev–Trinajstić information content (AvgIpc) is 2.70. The van der Waals surface area contributed by atoms with Crippen molar-refractivity contribution in [3.63, 3.8) is 0 Å². The van der Waals surface area contributed by atoms with Crippen molar-refractivity contribution in [2.45, 2.75) is 19.0 Å². The Balaban J connectivity index is 1.87. The molecule has 3 aromatic rings. The third-order valence-corrected chi connectivity index (χ3v) is 4.49. The van der Waals surface area contributed by atoms with E-state index in [0.717, 1.165) is 30.3 Å². The lowest BCUT2D eigenvalue weighted by molar-refractivity contribution is -0.154. The molecule has 0 atom stereocenters. The number of rotatable bonds is 7. The van der Waals surface area contributed by atoms with E-state index in [1.54, 1.807) is 6.08 Å². The maximum atomic E-state index is 14.5. The van der Waals surface area contributed by atoms with Crippen molar-refractivity contribution < 1.29 is 45.0 Å². The molecular formula is C23H15F7O3. The number of carbonyl (C=O) groups excluding carboxylic acids is 1. The minimum absolute atomic E-state index is 0.185. The molecule has 0 heterocycles. The summed E-state index contributed by atoms with van der Waals surface area (Å²) in [6.45, 7) is 1.61. The monoisotopic (exact) mass is 472 g/mol. The smallest absolute Gasteiger partial charge is 0.422 e. The van der Waals surface area contributed by atoms with Crippen LogP contribution in [0.3, 0.4) is 0 Å². The summed E-state index contributed by atoms with van der Waals surface area (Å²) in [5.41, 5.74) is -0.646. The SMILES string of the molecule is C=CCCc1cc(F)c(C(=O)Oc2ccc3c(F)c(OCC(F)(F)F)c(F)cc3c2)c(F)c1. The second-order valence-electron chi connectivity index (χ2n) is 6.94. The van der Waals surface area contributed by atoms with Crippen LogP contribution in [0.25, 0.3) is 10.8 Å². The lowest BCUT2D eigenvalue weighted by atomic mass is 10.1. The topological polar surface area (TPSA) is 35.5 Å². The van der Waals surface area contributed by atoms with Crippen molar-refractivity contribution in [1.82, 2.24) is 0 Å². The molecule has 174 valence electrons. The molecule has 0 amide bonds. The van der Waals surface area contributed by atoms with Gasteiger partial charge in [-0.2, -0.15) is 13.2 Å². The number of halogens is 7. The van der Waals surface area contributed by atoms with Crippen molar-refractivity contribution in [3.05, 3.63) is 83.4 Å². The van der Waals surface area contributed by atoms with Gasteiger partial charge in [0.1, 0.15) is 22.9 Å². The number of alkyl halides is 3. The van der Waals surface area contributed by atoms with Crippen molar-refractivity contribution in [3.8, 4) is 11.5 Å². The normalized spacial score (nSPS) is 11.5. The van der Waals surface area contributed by atoms with Crippen LogP contribution in [0, 0.1) is 23.3 Å². The minimum atomic E-state index is -4.81. The Morgan fingerprint density at radius 1 is 0.970 bits per heavy atom. The molecule has 0 saturated heterocycles. The summed E-state index contributed by atoms with van der Waals surface area (Å²) in [5, 5.41) is -0.507. The van der Waals surface area contributed by atoms with Gasteiger partial charge < -0.3 is 9.47 Å². The minimum Gasteiger partial charge on any atom is -0.478 e. The Kier molecular flexibility index (Phi) is 6.95. The van der Waals surface area contributed by atoms with E-state index in [0.29, 0.717) is 24.5 Å². The van der Waals surface area contributed by atoms with Gasteiger partial charge in [-0.3, -0.25) is 0 Å². The molecule has 0 saturated carbocycles. The average molecular weight is 472 g/mol. The van der Waals surface area contributed by atoms with Crippen LogP contribution in [0.15, 0.2) is 49.1 Å². The quantitative estimate of drug-likeness (QED) is 0.167. The molecule has 0 spiro atoms. The van der Waals surface area contributed by atoms with Gasteiger partial charge in [-0.25, -0.2) is 22.4 Å². The van der Waals surface area contributed by atoms with Gasteiger partial charge in [-0.15, -0.1) is 6.58 Å². The van der Waals surface area contributed by atoms with Crippen LogP contribution in [0.4, 0.5) is 30.7 Å². The summed E-state index contributed by atoms with van der Waals surface area (Å²) in [6.07, 6.45) is -2.46. The maximum absolute atomic E-state index is 14.5. The fourth-order valence-corrected chi connectivity index (χ4v) is 3.03. The molecule has 3 aromatic carbocycles. The Morgan fingerprint density at radius 3 is 2.24 bits per heavy atom. The number of aryl methyl sites for hydroxylation is 1. The standard InChI is InChI=1S/C23H15F7O3/c1-2-3-4-12-7-16(24)19(17(25)8-12)22(31)33-14-5-6-15-13(9-14)10-18(26)21(20(15)27)32-11-23(28,29)30/h2,5-10H,1,3-4,11H2. The van der Waals surface area contributed by atoms with E-state index in [2.05, 4.69) is 11.3 Å². The first-order chi connectivity index (χ1) is 15.5. The summed E-state index contributed by atoms with van der Waals surface area (Å²) in [5.74, 6) is -8.01. The van der Waals surface area contributed by atoms with E-state index >= 15 is 0 Å². The predicted octanol–water partition coefficient (Wildman–Crippen LogP) is 6.68. The molecule has 0 unspecified atom stereocenters. The Labute approximate surface area is 183 Å². The summed E-state index contributed by atoms with van der Waals surface area (Å²) < 4.78 is 103. The van der Waals surface area contributed by atoms with Crippen molar-refractivity contribution in [2.24, 2.45) is 0 Å². The molecule has 0 aliphatic rings. The highest BCUT2D eigenvalue weighted by Crippen LogP contribution is 2.33. The zero-order valence-corrected chi connectivity index (χ0v) is 16.7. The highest BCUT2D eigenvalue weighted by Gasteiger charge is 2.30. The summed E-state index contributed by atoms with van der Waals surface area (Å²) in [6, 6.07) is 5.66. The highest BCUT2D eigenvalue weighted by atomic mass is 19.4. The van der Waals surface area contributed by atoms with E-state index in [1.165, 1.54) is 0 Å². The van der Waals surface area contributed by atoms with Crippen molar-refractivity contribution in [2.75, 3.05) is 6.61 Å². The van der Waals surface area contributed by atoms with Crippen molar-refractivity contribution >= 4 is 16.7 Å². The van der Waals surface area contributed by atoms with Crippen LogP contribution < -0.4 is 9.47 Å². The van der Waals surface area contributed by atoms with Crippen LogP contribution >= 0.6 is 0 Å². The summed E-state index contributed by atoms with van der Waals surface area (Å²) in [7, 11) is 0. The molecule has 0 bridgehead atoms. The zero-order valence-electron chi connectivity index (χ0n) is 16.7. The third kappa shape index (κ3) is 5.63. The molecule has 0 aliphatic heterocycles. The second kappa shape index (κ2) is 9.51. The summed E-state index contributed by atoms with van der Waals surface area (Å²) in [4.78, 5) is 12.3. The second-order valence-corrected chi connectivity index (χ2v) is 6.94. The van der Waals surface area contributed by atoms with Gasteiger partial charge in [0.2, 0.25) is 0 Å². The van der Waals surface area contributed by atoms with Gasteiger partial charge in [0.15, 0.2) is 24.0 Å². The number of carbonyl (C=O) groups is 1. The number of allylic oxidation sites excluding steroid dienone is 1. The fourth-order valence-electron chi connectivity index (χ4n) is 3.03. The van der Waals surface area contributed by atoms with Crippen LogP contribution in [-0.2, 0) is 6.42 Å². The van der Waals surface area contributed by atoms with E-state index in [9.17, 15) is 35.5 Å². The van der Waals surface area contributed by atoms with Gasteiger partial charge >= 0.3 is 12.1 Å². The van der Waals surface area contributed by atoms with E-state index in [1.807, 2.05) is 0 Å². The molecule has 0 N–H and O–H groups in total. The molecule has 10 heteroatoms. The molecule has 3 nitrogen and oxygen atoms in total. The third-order valence-electron chi connectivity index (χ3n) is 4.49. The molecule has 0 aromatic heterocycles. The number of hydrogen-bond acceptors (Lipinski definition) is 3. The number of esters is 1. The first-order valence-electron chi connectivity index (χ1n) is 9.42. The van der Waals surface area contributed by atoms with Gasteiger partial charge in [0, 0.05) is 5.39 Å². The lowest BCUT2D eigenvalue weighted by Gasteiger charge is -2.13. The number of hydrogen-bond donors (Lipinski definition) is 0. The number of fused-ring (bicyclic) bond motifs is 1. The fraction of sp³-hybridized carbons (Fsp3) is 0.174. The molecular weight excluding hydrogens is 457 g/mol. The van der Waals surface area contributed by atoms with Crippen LogP contribution in [0.5, 0.6) is 11.5 Å². The number of ether oxygens (including phenoxy) is 2. The molecule has 3 rings (SSSR count). The molecule has 33 heavy (non-hydrogen) atoms. The zero-order chi connectivity index (χ0) is 24.3. The van der Waals surface area contributed by atoms with Crippen molar-refractivity contribution in [1.29, 1.82) is 0 Å². The number of benzene rings is 3. The highest BCUT2D eigenvalue weighted by molar-refractivity contribution is 5.93. The Hall–Kier alpha value is -3.56. The molecule has 0 fully saturated rings. The maximum Gasteiger partial charge on any atom is 0.422 e. The van der Waals surface area contributed by atoms with E-state index < -0.39 is 53.3 Å². The Bertz CT molecular complexity index is 1200. The predicted molar refractivity (Wildman–Crippen MR) is 105 cm³/mol. The van der Waals surface area contributed by atoms with E-state index in [4.69, 9.17) is 4.74 Å². The molecule has 0 aliphatic carbocycles. The van der Waals surface area contributed by atoms with Crippen LogP contribution in [-0.4, -0.2) is 18.8 Å². The van der Waals surface area contributed by atoms with E-state index in [-0.39, 0.29) is 16.5 Å². The van der Waals surface area contributed by atoms with Gasteiger partial charge in [0.05, 0.1) is 0 Å². The Morgan fingerprint density at radius 2 is 1.64 bits per heavy atom. The largest absolute Gasteiger partial charge is 0.478 e. The van der Waals surface area contributed by atoms with Gasteiger partial charge in [-0.1, -0.05) is 6.08 Å². The van der Waals surface area contributed by atoms with Crippen LogP contribution in [0.2, 0.25) is 0 Å². The lowest BCUT2D eigenvalue weighted by Crippen LogP contribution is -2.20. The van der Waals surface area contributed by atoms with Crippen LogP contribution in [0.1, 0.15) is 22.3 Å².